The third kappa shape index (κ3) is 6.51. The average molecular weight is 473 g/mol. The molecular formula is C26H29ClO6. The summed E-state index contributed by atoms with van der Waals surface area (Å²) in [6.45, 7) is 8.07. The van der Waals surface area contributed by atoms with Gasteiger partial charge in [-0.1, -0.05) is 63.6 Å². The normalized spacial score (nSPS) is 11.2. The van der Waals surface area contributed by atoms with Crippen LogP contribution in [-0.2, 0) is 19.1 Å². The van der Waals surface area contributed by atoms with Crippen LogP contribution >= 0.6 is 11.6 Å². The molecule has 3 aromatic rings. The Bertz CT molecular complexity index is 1140. The van der Waals surface area contributed by atoms with Gasteiger partial charge in [-0.3, -0.25) is 0 Å². The number of rotatable bonds is 10. The molecule has 176 valence electrons. The van der Waals surface area contributed by atoms with Gasteiger partial charge in [0.05, 0.1) is 13.2 Å². The topological polar surface area (TPSA) is 71.1 Å². The van der Waals surface area contributed by atoms with Crippen molar-refractivity contribution in [2.45, 2.75) is 27.7 Å². The van der Waals surface area contributed by atoms with E-state index in [4.69, 9.17) is 30.5 Å². The van der Waals surface area contributed by atoms with E-state index in [0.29, 0.717) is 40.5 Å². The minimum Gasteiger partial charge on any atom is -0.481 e. The van der Waals surface area contributed by atoms with Crippen LogP contribution in [0.15, 0.2) is 42.5 Å². The zero-order valence-corrected chi connectivity index (χ0v) is 20.1. The summed E-state index contributed by atoms with van der Waals surface area (Å²) in [5.41, 5.74) is 0. The maximum absolute atomic E-state index is 12.2. The van der Waals surface area contributed by atoms with E-state index in [0.717, 1.165) is 10.8 Å². The monoisotopic (exact) mass is 472 g/mol. The Morgan fingerprint density at radius 3 is 1.67 bits per heavy atom. The highest BCUT2D eigenvalue weighted by Crippen LogP contribution is 2.43. The maximum atomic E-state index is 12.2. The molecule has 0 saturated heterocycles. The first-order chi connectivity index (χ1) is 15.8. The fourth-order valence-electron chi connectivity index (χ4n) is 3.25. The lowest BCUT2D eigenvalue weighted by atomic mass is 10.0. The van der Waals surface area contributed by atoms with Crippen molar-refractivity contribution < 1.29 is 28.5 Å². The van der Waals surface area contributed by atoms with E-state index in [1.807, 2.05) is 58.0 Å². The summed E-state index contributed by atoms with van der Waals surface area (Å²) in [6, 6.07) is 12.8. The van der Waals surface area contributed by atoms with Crippen LogP contribution in [0.25, 0.3) is 21.5 Å². The molecule has 0 saturated carbocycles. The van der Waals surface area contributed by atoms with Gasteiger partial charge in [-0.25, -0.2) is 9.59 Å². The summed E-state index contributed by atoms with van der Waals surface area (Å²) in [6.07, 6.45) is 0. The van der Waals surface area contributed by atoms with Crippen molar-refractivity contribution >= 4 is 45.1 Å². The molecule has 0 fully saturated rings. The number of fused-ring (bicyclic) bond motifs is 2. The first-order valence-electron chi connectivity index (χ1n) is 11.0. The molecule has 0 spiro atoms. The van der Waals surface area contributed by atoms with Gasteiger partial charge in [-0.2, -0.15) is 0 Å². The Labute approximate surface area is 198 Å². The SMILES string of the molecule is CC(C)COC(=O)COc1c2ccccc2c(OCC(=O)OCC(C)C)c2cc(Cl)ccc12. The Hall–Kier alpha value is -2.99. The Kier molecular flexibility index (Phi) is 8.39. The molecule has 0 aliphatic carbocycles. The highest BCUT2D eigenvalue weighted by molar-refractivity contribution is 6.31. The number of benzene rings is 3. The van der Waals surface area contributed by atoms with Crippen molar-refractivity contribution in [2.24, 2.45) is 11.8 Å². The van der Waals surface area contributed by atoms with Crippen LogP contribution in [0.2, 0.25) is 5.02 Å². The van der Waals surface area contributed by atoms with Crippen LogP contribution in [0.3, 0.4) is 0 Å². The van der Waals surface area contributed by atoms with E-state index in [2.05, 4.69) is 0 Å². The van der Waals surface area contributed by atoms with E-state index in [1.54, 1.807) is 12.1 Å². The van der Waals surface area contributed by atoms with Crippen molar-refractivity contribution in [3.8, 4) is 11.5 Å². The number of hydrogen-bond donors (Lipinski definition) is 0. The summed E-state index contributed by atoms with van der Waals surface area (Å²) in [7, 11) is 0. The molecule has 0 bridgehead atoms. The third-order valence-corrected chi connectivity index (χ3v) is 4.95. The molecule has 6 nitrogen and oxygen atoms in total. The number of halogens is 1. The lowest BCUT2D eigenvalue weighted by Gasteiger charge is -2.18. The van der Waals surface area contributed by atoms with E-state index in [9.17, 15) is 9.59 Å². The van der Waals surface area contributed by atoms with Gasteiger partial charge in [-0.15, -0.1) is 0 Å². The van der Waals surface area contributed by atoms with Crippen LogP contribution in [0.1, 0.15) is 27.7 Å². The van der Waals surface area contributed by atoms with E-state index < -0.39 is 11.9 Å². The summed E-state index contributed by atoms with van der Waals surface area (Å²) >= 11 is 6.28. The molecule has 0 aromatic heterocycles. The van der Waals surface area contributed by atoms with Crippen molar-refractivity contribution in [3.05, 3.63) is 47.5 Å². The Balaban J connectivity index is 1.97. The van der Waals surface area contributed by atoms with E-state index in [1.165, 1.54) is 0 Å². The van der Waals surface area contributed by atoms with Gasteiger partial charge in [0.15, 0.2) is 13.2 Å². The molecule has 0 aliphatic heterocycles. The Morgan fingerprint density at radius 2 is 1.18 bits per heavy atom. The Morgan fingerprint density at radius 1 is 0.727 bits per heavy atom. The molecule has 0 unspecified atom stereocenters. The summed E-state index contributed by atoms with van der Waals surface area (Å²) < 4.78 is 22.4. The van der Waals surface area contributed by atoms with Gasteiger partial charge in [0.25, 0.3) is 0 Å². The zero-order chi connectivity index (χ0) is 24.0. The molecule has 3 rings (SSSR count). The van der Waals surface area contributed by atoms with Gasteiger partial charge in [0.1, 0.15) is 11.5 Å². The predicted octanol–water partition coefficient (Wildman–Crippen LogP) is 5.80. The fourth-order valence-corrected chi connectivity index (χ4v) is 3.42. The number of esters is 2. The first kappa shape index (κ1) is 24.6. The fraction of sp³-hybridized carbons (Fsp3) is 0.385. The molecule has 33 heavy (non-hydrogen) atoms. The minimum absolute atomic E-state index is 0.226. The zero-order valence-electron chi connectivity index (χ0n) is 19.4. The molecule has 0 N–H and O–H groups in total. The lowest BCUT2D eigenvalue weighted by Crippen LogP contribution is -2.18. The molecule has 0 heterocycles. The first-order valence-corrected chi connectivity index (χ1v) is 11.3. The highest BCUT2D eigenvalue weighted by Gasteiger charge is 2.19. The van der Waals surface area contributed by atoms with Crippen molar-refractivity contribution in [2.75, 3.05) is 26.4 Å². The molecular weight excluding hydrogens is 444 g/mol. The van der Waals surface area contributed by atoms with Gasteiger partial charge < -0.3 is 18.9 Å². The van der Waals surface area contributed by atoms with Crippen LogP contribution in [0.4, 0.5) is 0 Å². The number of hydrogen-bond acceptors (Lipinski definition) is 6. The third-order valence-electron chi connectivity index (χ3n) is 4.71. The smallest absolute Gasteiger partial charge is 0.344 e. The summed E-state index contributed by atoms with van der Waals surface area (Å²) in [5.74, 6) is 0.603. The molecule has 0 atom stereocenters. The number of carbonyl (C=O) groups excluding carboxylic acids is 2. The van der Waals surface area contributed by atoms with Crippen LogP contribution < -0.4 is 9.47 Å². The second-order valence-corrected chi connectivity index (χ2v) is 9.06. The second-order valence-electron chi connectivity index (χ2n) is 8.62. The van der Waals surface area contributed by atoms with Gasteiger partial charge in [0.2, 0.25) is 0 Å². The number of carbonyl (C=O) groups is 2. The van der Waals surface area contributed by atoms with Gasteiger partial charge in [-0.05, 0) is 30.0 Å². The lowest BCUT2D eigenvalue weighted by molar-refractivity contribution is -0.147. The van der Waals surface area contributed by atoms with Crippen molar-refractivity contribution in [1.82, 2.24) is 0 Å². The van der Waals surface area contributed by atoms with E-state index >= 15 is 0 Å². The van der Waals surface area contributed by atoms with Crippen molar-refractivity contribution in [1.29, 1.82) is 0 Å². The summed E-state index contributed by atoms with van der Waals surface area (Å²) in [4.78, 5) is 24.3. The highest BCUT2D eigenvalue weighted by atomic mass is 35.5. The largest absolute Gasteiger partial charge is 0.481 e. The standard InChI is InChI=1S/C26H29ClO6/c1-16(2)12-30-23(28)14-32-25-19-7-5-6-8-20(19)26(22-11-18(27)9-10-21(22)25)33-15-24(29)31-13-17(3)4/h5-11,16-17H,12-15H2,1-4H3. The molecule has 7 heteroatoms. The van der Waals surface area contributed by atoms with Crippen LogP contribution in [0.5, 0.6) is 11.5 Å². The van der Waals surface area contributed by atoms with Gasteiger partial charge in [0, 0.05) is 26.6 Å². The predicted molar refractivity (Wildman–Crippen MR) is 129 cm³/mol. The average Bonchev–Trinajstić information content (AvgIpc) is 2.78. The van der Waals surface area contributed by atoms with Crippen LogP contribution in [-0.4, -0.2) is 38.4 Å². The summed E-state index contributed by atoms with van der Waals surface area (Å²) in [5, 5.41) is 3.36. The van der Waals surface area contributed by atoms with Crippen molar-refractivity contribution in [3.63, 3.8) is 0 Å². The van der Waals surface area contributed by atoms with Crippen LogP contribution in [0, 0.1) is 11.8 Å². The minimum atomic E-state index is -0.448. The quantitative estimate of drug-likeness (QED) is 0.274. The van der Waals surface area contributed by atoms with E-state index in [-0.39, 0.29) is 25.0 Å². The second kappa shape index (κ2) is 11.2. The molecule has 0 radical (unpaired) electrons. The van der Waals surface area contributed by atoms with Gasteiger partial charge >= 0.3 is 11.9 Å². The molecule has 0 aliphatic rings. The molecule has 3 aromatic carbocycles. The molecule has 0 amide bonds. The number of ether oxygens (including phenoxy) is 4. The maximum Gasteiger partial charge on any atom is 0.344 e.